The number of nitrogens with one attached hydrogen (secondary N) is 4. The minimum atomic E-state index is -0.233. The predicted molar refractivity (Wildman–Crippen MR) is 90.9 cm³/mol. The molecule has 1 atom stereocenters. The Bertz CT molecular complexity index is 718. The van der Waals surface area contributed by atoms with Crippen LogP contribution in [0.4, 0.5) is 11.4 Å². The number of hydrogen-bond acceptors (Lipinski definition) is 5. The molecule has 1 aromatic carbocycles. The van der Waals surface area contributed by atoms with Crippen molar-refractivity contribution in [2.24, 2.45) is 0 Å². The molecule has 1 aromatic heterocycles. The largest absolute Gasteiger partial charge is 0.469 e. The molecule has 126 valence electrons. The summed E-state index contributed by atoms with van der Waals surface area (Å²) < 4.78 is 5.12. The second kappa shape index (κ2) is 7.29. The molecule has 2 aromatic rings. The fourth-order valence-corrected chi connectivity index (χ4v) is 2.52. The summed E-state index contributed by atoms with van der Waals surface area (Å²) in [5.41, 5.74) is 1.82. The third-order valence-electron chi connectivity index (χ3n) is 3.76. The Morgan fingerprint density at radius 3 is 2.50 bits per heavy atom. The van der Waals surface area contributed by atoms with Crippen LogP contribution in [0.1, 0.15) is 22.5 Å². The molecule has 4 N–H and O–H groups in total. The van der Waals surface area contributed by atoms with Crippen LogP contribution < -0.4 is 21.3 Å². The van der Waals surface area contributed by atoms with Gasteiger partial charge in [0.15, 0.2) is 0 Å². The average Bonchev–Trinajstić information content (AvgIpc) is 3.21. The SMILES string of the molecule is Cc1cc(C(=O)Nc2ccc(NC(=O)CC3CNCN3)cc2)co1. The highest BCUT2D eigenvalue weighted by molar-refractivity contribution is 6.04. The molecule has 2 amide bonds. The van der Waals surface area contributed by atoms with Crippen LogP contribution in [0.15, 0.2) is 41.0 Å². The van der Waals surface area contributed by atoms with E-state index in [1.807, 2.05) is 0 Å². The zero-order valence-electron chi connectivity index (χ0n) is 13.4. The van der Waals surface area contributed by atoms with Gasteiger partial charge in [0.1, 0.15) is 12.0 Å². The van der Waals surface area contributed by atoms with E-state index in [0.717, 1.165) is 13.2 Å². The molecule has 0 saturated carbocycles. The fourth-order valence-electron chi connectivity index (χ4n) is 2.52. The highest BCUT2D eigenvalue weighted by Crippen LogP contribution is 2.16. The van der Waals surface area contributed by atoms with E-state index < -0.39 is 0 Å². The number of benzene rings is 1. The third-order valence-corrected chi connectivity index (χ3v) is 3.76. The van der Waals surface area contributed by atoms with E-state index in [4.69, 9.17) is 4.42 Å². The van der Waals surface area contributed by atoms with Crippen LogP contribution in [0.2, 0.25) is 0 Å². The summed E-state index contributed by atoms with van der Waals surface area (Å²) in [6.07, 6.45) is 1.84. The number of rotatable bonds is 5. The monoisotopic (exact) mass is 328 g/mol. The lowest BCUT2D eigenvalue weighted by Crippen LogP contribution is -2.29. The van der Waals surface area contributed by atoms with Crippen molar-refractivity contribution in [1.29, 1.82) is 0 Å². The van der Waals surface area contributed by atoms with Crippen molar-refractivity contribution in [3.8, 4) is 0 Å². The second-order valence-corrected chi connectivity index (χ2v) is 5.76. The van der Waals surface area contributed by atoms with E-state index in [9.17, 15) is 9.59 Å². The summed E-state index contributed by atoms with van der Waals surface area (Å²) in [7, 11) is 0. The van der Waals surface area contributed by atoms with Gasteiger partial charge in [-0.2, -0.15) is 0 Å². The second-order valence-electron chi connectivity index (χ2n) is 5.76. The van der Waals surface area contributed by atoms with Crippen LogP contribution in [0, 0.1) is 6.92 Å². The minimum Gasteiger partial charge on any atom is -0.469 e. The number of carbonyl (C=O) groups is 2. The van der Waals surface area contributed by atoms with Crippen molar-refractivity contribution in [3.05, 3.63) is 47.9 Å². The van der Waals surface area contributed by atoms with Gasteiger partial charge in [0, 0.05) is 37.1 Å². The first-order valence-electron chi connectivity index (χ1n) is 7.80. The van der Waals surface area contributed by atoms with Gasteiger partial charge in [-0.05, 0) is 37.3 Å². The van der Waals surface area contributed by atoms with E-state index >= 15 is 0 Å². The molecule has 7 heteroatoms. The predicted octanol–water partition coefficient (Wildman–Crippen LogP) is 1.69. The van der Waals surface area contributed by atoms with E-state index in [0.29, 0.717) is 29.1 Å². The lowest BCUT2D eigenvalue weighted by Gasteiger charge is -2.10. The number of aryl methyl sites for hydroxylation is 1. The van der Waals surface area contributed by atoms with Crippen molar-refractivity contribution in [3.63, 3.8) is 0 Å². The molecule has 0 bridgehead atoms. The van der Waals surface area contributed by atoms with Gasteiger partial charge in [-0.15, -0.1) is 0 Å². The van der Waals surface area contributed by atoms with Crippen molar-refractivity contribution >= 4 is 23.2 Å². The topological polar surface area (TPSA) is 95.4 Å². The molecule has 0 aliphatic carbocycles. The Morgan fingerprint density at radius 2 is 1.92 bits per heavy atom. The number of anilines is 2. The van der Waals surface area contributed by atoms with Crippen LogP contribution in [-0.2, 0) is 4.79 Å². The molecule has 24 heavy (non-hydrogen) atoms. The van der Waals surface area contributed by atoms with Gasteiger partial charge >= 0.3 is 0 Å². The third kappa shape index (κ3) is 4.21. The van der Waals surface area contributed by atoms with Gasteiger partial charge in [0.2, 0.25) is 5.91 Å². The molecule has 2 heterocycles. The molecule has 1 saturated heterocycles. The zero-order valence-corrected chi connectivity index (χ0v) is 13.4. The summed E-state index contributed by atoms with van der Waals surface area (Å²) in [5, 5.41) is 12.0. The lowest BCUT2D eigenvalue weighted by molar-refractivity contribution is -0.116. The maximum absolute atomic E-state index is 12.0. The van der Waals surface area contributed by atoms with Gasteiger partial charge in [0.05, 0.1) is 5.56 Å². The first-order valence-corrected chi connectivity index (χ1v) is 7.80. The zero-order chi connectivity index (χ0) is 16.9. The average molecular weight is 328 g/mol. The van der Waals surface area contributed by atoms with Crippen LogP contribution in [0.25, 0.3) is 0 Å². The van der Waals surface area contributed by atoms with Gasteiger partial charge in [-0.3, -0.25) is 14.9 Å². The molecule has 1 aliphatic heterocycles. The fraction of sp³-hybridized carbons (Fsp3) is 0.294. The molecule has 3 rings (SSSR count). The number of furan rings is 1. The highest BCUT2D eigenvalue weighted by Gasteiger charge is 2.17. The summed E-state index contributed by atoms with van der Waals surface area (Å²) in [4.78, 5) is 24.0. The quantitative estimate of drug-likeness (QED) is 0.670. The standard InChI is InChI=1S/C17H20N4O3/c1-11-6-12(9-24-11)17(23)21-14-4-2-13(3-5-14)20-16(22)7-15-8-18-10-19-15/h2-6,9,15,18-19H,7-8,10H2,1H3,(H,20,22)(H,21,23). The van der Waals surface area contributed by atoms with Crippen molar-refractivity contribution in [1.82, 2.24) is 10.6 Å². The van der Waals surface area contributed by atoms with Crippen LogP contribution in [-0.4, -0.2) is 31.1 Å². The molecule has 0 radical (unpaired) electrons. The van der Waals surface area contributed by atoms with Crippen LogP contribution >= 0.6 is 0 Å². The minimum absolute atomic E-state index is 0.0399. The first-order chi connectivity index (χ1) is 11.6. The van der Waals surface area contributed by atoms with Gasteiger partial charge in [-0.25, -0.2) is 0 Å². The maximum Gasteiger partial charge on any atom is 0.258 e. The highest BCUT2D eigenvalue weighted by atomic mass is 16.3. The summed E-state index contributed by atoms with van der Waals surface area (Å²) in [6, 6.07) is 8.85. The van der Waals surface area contributed by atoms with Gasteiger partial charge in [-0.1, -0.05) is 0 Å². The van der Waals surface area contributed by atoms with Crippen LogP contribution in [0.5, 0.6) is 0 Å². The molecule has 1 unspecified atom stereocenters. The molecule has 7 nitrogen and oxygen atoms in total. The number of amides is 2. The van der Waals surface area contributed by atoms with Crippen LogP contribution in [0.3, 0.4) is 0 Å². The Hall–Kier alpha value is -2.64. The van der Waals surface area contributed by atoms with Gasteiger partial charge < -0.3 is 20.4 Å². The lowest BCUT2D eigenvalue weighted by atomic mass is 10.2. The smallest absolute Gasteiger partial charge is 0.258 e. The number of carbonyl (C=O) groups excluding carboxylic acids is 2. The molecule has 1 aliphatic rings. The van der Waals surface area contributed by atoms with E-state index in [1.165, 1.54) is 6.26 Å². The Kier molecular flexibility index (Phi) is 4.93. The molecular formula is C17H20N4O3. The van der Waals surface area contributed by atoms with E-state index in [1.54, 1.807) is 37.3 Å². The van der Waals surface area contributed by atoms with E-state index in [2.05, 4.69) is 21.3 Å². The maximum atomic E-state index is 12.0. The Labute approximate surface area is 139 Å². The van der Waals surface area contributed by atoms with Gasteiger partial charge in [0.25, 0.3) is 5.91 Å². The Balaban J connectivity index is 1.53. The van der Waals surface area contributed by atoms with Crippen molar-refractivity contribution < 1.29 is 14.0 Å². The normalized spacial score (nSPS) is 16.8. The summed E-state index contributed by atoms with van der Waals surface area (Å²) >= 11 is 0. The van der Waals surface area contributed by atoms with Crippen molar-refractivity contribution in [2.45, 2.75) is 19.4 Å². The Morgan fingerprint density at radius 1 is 1.21 bits per heavy atom. The first kappa shape index (κ1) is 16.2. The summed E-state index contributed by atoms with van der Waals surface area (Å²) in [6.45, 7) is 3.32. The summed E-state index contributed by atoms with van der Waals surface area (Å²) in [5.74, 6) is 0.412. The van der Waals surface area contributed by atoms with E-state index in [-0.39, 0.29) is 17.9 Å². The molecule has 0 spiro atoms. The molecular weight excluding hydrogens is 308 g/mol. The van der Waals surface area contributed by atoms with Crippen molar-refractivity contribution in [2.75, 3.05) is 23.8 Å². The number of hydrogen-bond donors (Lipinski definition) is 4. The molecule has 1 fully saturated rings.